The maximum atomic E-state index is 11.1. The van der Waals surface area contributed by atoms with E-state index in [-0.39, 0.29) is 6.04 Å². The van der Waals surface area contributed by atoms with E-state index in [1.165, 1.54) is 12.5 Å². The highest BCUT2D eigenvalue weighted by atomic mass is 16.3. The monoisotopic (exact) mass is 223 g/mol. The topological polar surface area (TPSA) is 83.7 Å². The molecule has 16 heavy (non-hydrogen) atoms. The number of amides is 2. The fourth-order valence-electron chi connectivity index (χ4n) is 0.898. The highest BCUT2D eigenvalue weighted by molar-refractivity contribution is 6.35. The molecule has 1 aromatic rings. The van der Waals surface area contributed by atoms with E-state index in [4.69, 9.17) is 4.42 Å². The van der Waals surface area contributed by atoms with Gasteiger partial charge >= 0.3 is 11.8 Å². The molecule has 0 saturated heterocycles. The lowest BCUT2D eigenvalue weighted by Gasteiger charge is -2.05. The molecule has 2 amide bonds. The summed E-state index contributed by atoms with van der Waals surface area (Å²) in [6.45, 7) is 3.52. The van der Waals surface area contributed by atoms with Crippen molar-refractivity contribution in [1.82, 2.24) is 10.7 Å². The summed E-state index contributed by atoms with van der Waals surface area (Å²) in [4.78, 5) is 22.3. The van der Waals surface area contributed by atoms with Gasteiger partial charge in [0.05, 0.1) is 12.5 Å². The minimum Gasteiger partial charge on any atom is -0.463 e. The Morgan fingerprint density at radius 1 is 1.44 bits per heavy atom. The van der Waals surface area contributed by atoms with Gasteiger partial charge in [0.1, 0.15) is 5.76 Å². The Bertz CT molecular complexity index is 382. The second-order valence-corrected chi connectivity index (χ2v) is 3.34. The van der Waals surface area contributed by atoms with Crippen LogP contribution in [0.25, 0.3) is 0 Å². The van der Waals surface area contributed by atoms with Crippen LogP contribution in [-0.2, 0) is 9.59 Å². The molecule has 0 saturated carbocycles. The van der Waals surface area contributed by atoms with Crippen LogP contribution in [0, 0.1) is 0 Å². The van der Waals surface area contributed by atoms with Gasteiger partial charge in [-0.25, -0.2) is 5.43 Å². The number of hydrogen-bond donors (Lipinski definition) is 2. The quantitative estimate of drug-likeness (QED) is 0.438. The summed E-state index contributed by atoms with van der Waals surface area (Å²) in [5, 5.41) is 6.00. The van der Waals surface area contributed by atoms with Gasteiger partial charge in [0.15, 0.2) is 0 Å². The zero-order valence-corrected chi connectivity index (χ0v) is 9.06. The van der Waals surface area contributed by atoms with Crippen LogP contribution < -0.4 is 10.7 Å². The smallest absolute Gasteiger partial charge is 0.329 e. The molecule has 2 N–H and O–H groups in total. The molecule has 0 spiro atoms. The van der Waals surface area contributed by atoms with Gasteiger partial charge < -0.3 is 9.73 Å². The van der Waals surface area contributed by atoms with Gasteiger partial charge in [0, 0.05) is 6.04 Å². The Morgan fingerprint density at radius 3 is 2.75 bits per heavy atom. The summed E-state index contributed by atoms with van der Waals surface area (Å²) >= 11 is 0. The number of carbonyl (C=O) groups is 2. The fourth-order valence-corrected chi connectivity index (χ4v) is 0.898. The summed E-state index contributed by atoms with van der Waals surface area (Å²) in [5.41, 5.74) is 2.08. The average molecular weight is 223 g/mol. The summed E-state index contributed by atoms with van der Waals surface area (Å²) in [6, 6.07) is 3.27. The minimum absolute atomic E-state index is 0.0905. The van der Waals surface area contributed by atoms with Crippen molar-refractivity contribution in [2.75, 3.05) is 0 Å². The Kier molecular flexibility index (Phi) is 4.26. The Labute approximate surface area is 92.7 Å². The maximum absolute atomic E-state index is 11.1. The molecule has 0 unspecified atom stereocenters. The molecular formula is C10H13N3O3. The van der Waals surface area contributed by atoms with E-state index in [0.29, 0.717) is 5.76 Å². The first kappa shape index (κ1) is 12.0. The number of carbonyl (C=O) groups excluding carboxylic acids is 2. The van der Waals surface area contributed by atoms with Gasteiger partial charge in [0.25, 0.3) is 0 Å². The number of nitrogens with one attached hydrogen (secondary N) is 2. The van der Waals surface area contributed by atoms with Crippen molar-refractivity contribution in [3.05, 3.63) is 24.2 Å². The van der Waals surface area contributed by atoms with Crippen molar-refractivity contribution in [1.29, 1.82) is 0 Å². The van der Waals surface area contributed by atoms with Crippen LogP contribution in [0.2, 0.25) is 0 Å². The van der Waals surface area contributed by atoms with Crippen molar-refractivity contribution >= 4 is 18.0 Å². The van der Waals surface area contributed by atoms with Crippen molar-refractivity contribution in [3.8, 4) is 0 Å². The highest BCUT2D eigenvalue weighted by Gasteiger charge is 2.12. The van der Waals surface area contributed by atoms with Crippen LogP contribution in [0.1, 0.15) is 19.6 Å². The third-order valence-corrected chi connectivity index (χ3v) is 1.53. The second-order valence-electron chi connectivity index (χ2n) is 3.34. The van der Waals surface area contributed by atoms with Gasteiger partial charge in [-0.05, 0) is 26.0 Å². The number of hydrazone groups is 1. The maximum Gasteiger partial charge on any atom is 0.329 e. The minimum atomic E-state index is -0.809. The standard InChI is InChI=1S/C10H13N3O3/c1-7(2)12-9(14)10(15)13-11-6-8-4-3-5-16-8/h3-7H,1-2H3,(H,12,14)(H,13,15). The van der Waals surface area contributed by atoms with Crippen LogP contribution >= 0.6 is 0 Å². The van der Waals surface area contributed by atoms with Gasteiger partial charge in [-0.2, -0.15) is 5.10 Å². The summed E-state index contributed by atoms with van der Waals surface area (Å²) in [6.07, 6.45) is 2.79. The molecule has 0 fully saturated rings. The van der Waals surface area contributed by atoms with Crippen molar-refractivity contribution < 1.29 is 14.0 Å². The van der Waals surface area contributed by atoms with Crippen LogP contribution in [0.4, 0.5) is 0 Å². The molecule has 0 atom stereocenters. The van der Waals surface area contributed by atoms with Crippen molar-refractivity contribution in [2.45, 2.75) is 19.9 Å². The molecule has 0 aromatic carbocycles. The Balaban J connectivity index is 2.38. The largest absolute Gasteiger partial charge is 0.463 e. The number of rotatable bonds is 3. The van der Waals surface area contributed by atoms with E-state index in [9.17, 15) is 9.59 Å². The molecule has 0 aliphatic rings. The van der Waals surface area contributed by atoms with E-state index >= 15 is 0 Å². The first-order chi connectivity index (χ1) is 7.59. The highest BCUT2D eigenvalue weighted by Crippen LogP contribution is 1.94. The predicted octanol–water partition coefficient (Wildman–Crippen LogP) is 0.254. The second kappa shape index (κ2) is 5.69. The molecular weight excluding hydrogens is 210 g/mol. The summed E-state index contributed by atoms with van der Waals surface area (Å²) in [5.74, 6) is -1.03. The third kappa shape index (κ3) is 3.95. The van der Waals surface area contributed by atoms with Gasteiger partial charge in [-0.15, -0.1) is 0 Å². The van der Waals surface area contributed by atoms with Crippen LogP contribution in [0.15, 0.2) is 27.9 Å². The van der Waals surface area contributed by atoms with Crippen LogP contribution in [0.3, 0.4) is 0 Å². The first-order valence-electron chi connectivity index (χ1n) is 4.77. The molecule has 86 valence electrons. The molecule has 0 bridgehead atoms. The summed E-state index contributed by atoms with van der Waals surface area (Å²) < 4.78 is 4.94. The van der Waals surface area contributed by atoms with E-state index in [2.05, 4.69) is 15.8 Å². The SMILES string of the molecule is CC(C)NC(=O)C(=O)NN=Cc1ccco1. The lowest BCUT2D eigenvalue weighted by Crippen LogP contribution is -2.41. The zero-order chi connectivity index (χ0) is 12.0. The fraction of sp³-hybridized carbons (Fsp3) is 0.300. The number of hydrogen-bond acceptors (Lipinski definition) is 4. The Morgan fingerprint density at radius 2 is 2.19 bits per heavy atom. The van der Waals surface area contributed by atoms with Gasteiger partial charge in [0.2, 0.25) is 0 Å². The summed E-state index contributed by atoms with van der Waals surface area (Å²) in [7, 11) is 0. The first-order valence-corrected chi connectivity index (χ1v) is 4.77. The van der Waals surface area contributed by atoms with E-state index in [1.54, 1.807) is 26.0 Å². The number of nitrogens with zero attached hydrogens (tertiary/aromatic N) is 1. The van der Waals surface area contributed by atoms with Crippen molar-refractivity contribution in [2.24, 2.45) is 5.10 Å². The van der Waals surface area contributed by atoms with Crippen LogP contribution in [0.5, 0.6) is 0 Å². The Hall–Kier alpha value is -2.11. The lowest BCUT2D eigenvalue weighted by atomic mass is 10.4. The van der Waals surface area contributed by atoms with E-state index in [0.717, 1.165) is 0 Å². The molecule has 6 nitrogen and oxygen atoms in total. The lowest BCUT2D eigenvalue weighted by molar-refractivity contribution is -0.139. The third-order valence-electron chi connectivity index (χ3n) is 1.53. The van der Waals surface area contributed by atoms with E-state index < -0.39 is 11.8 Å². The molecule has 1 heterocycles. The number of furan rings is 1. The molecule has 0 aliphatic heterocycles. The van der Waals surface area contributed by atoms with E-state index in [1.807, 2.05) is 0 Å². The molecule has 6 heteroatoms. The van der Waals surface area contributed by atoms with Crippen LogP contribution in [-0.4, -0.2) is 24.1 Å². The zero-order valence-electron chi connectivity index (χ0n) is 9.06. The molecule has 0 aliphatic carbocycles. The van der Waals surface area contributed by atoms with Gasteiger partial charge in [-0.1, -0.05) is 0 Å². The molecule has 1 aromatic heterocycles. The normalized spacial score (nSPS) is 10.7. The predicted molar refractivity (Wildman–Crippen MR) is 57.7 cm³/mol. The van der Waals surface area contributed by atoms with Crippen molar-refractivity contribution in [3.63, 3.8) is 0 Å². The molecule has 0 radical (unpaired) electrons. The molecule has 1 rings (SSSR count). The average Bonchev–Trinajstić information content (AvgIpc) is 2.69. The van der Waals surface area contributed by atoms with Gasteiger partial charge in [-0.3, -0.25) is 9.59 Å².